The van der Waals surface area contributed by atoms with Crippen molar-refractivity contribution in [2.75, 3.05) is 13.1 Å². The van der Waals surface area contributed by atoms with Crippen molar-refractivity contribution in [3.63, 3.8) is 0 Å². The summed E-state index contributed by atoms with van der Waals surface area (Å²) in [5.74, 6) is -4.31. The van der Waals surface area contributed by atoms with Crippen LogP contribution >= 0.6 is 0 Å². The minimum Gasteiger partial charge on any atom is -0.316 e. The molecule has 0 aromatic heterocycles. The van der Waals surface area contributed by atoms with Crippen LogP contribution in [-0.4, -0.2) is 18.9 Å². The van der Waals surface area contributed by atoms with E-state index >= 15 is 0 Å². The molecule has 1 aromatic carbocycles. The van der Waals surface area contributed by atoms with Crippen molar-refractivity contribution < 1.29 is 18.0 Å². The number of carbonyl (C=O) groups is 1. The summed E-state index contributed by atoms with van der Waals surface area (Å²) in [5, 5.41) is 3.17. The van der Waals surface area contributed by atoms with E-state index in [1.165, 1.54) is 0 Å². The van der Waals surface area contributed by atoms with Gasteiger partial charge in [0.15, 0.2) is 23.2 Å². The number of hydrogen-bond acceptors (Lipinski definition) is 2. The maximum absolute atomic E-state index is 13.4. The Balaban J connectivity index is 2.02. The highest BCUT2D eigenvalue weighted by Gasteiger charge is 2.21. The fraction of sp³-hybridized carbons (Fsp3) is 0.462. The second-order valence-electron chi connectivity index (χ2n) is 4.54. The monoisotopic (exact) mass is 257 g/mol. The maximum atomic E-state index is 13.4. The van der Waals surface area contributed by atoms with Gasteiger partial charge in [-0.2, -0.15) is 0 Å². The summed E-state index contributed by atoms with van der Waals surface area (Å²) in [6, 6.07) is 1.78. The first-order valence-corrected chi connectivity index (χ1v) is 5.97. The van der Waals surface area contributed by atoms with Gasteiger partial charge in [0, 0.05) is 6.42 Å². The molecule has 1 unspecified atom stereocenters. The lowest BCUT2D eigenvalue weighted by molar-refractivity contribution is 0.0969. The van der Waals surface area contributed by atoms with E-state index in [-0.39, 0.29) is 12.0 Å². The molecule has 0 aliphatic carbocycles. The van der Waals surface area contributed by atoms with Crippen LogP contribution in [0.1, 0.15) is 29.6 Å². The van der Waals surface area contributed by atoms with Gasteiger partial charge in [0.1, 0.15) is 0 Å². The van der Waals surface area contributed by atoms with Gasteiger partial charge in [-0.25, -0.2) is 13.2 Å². The molecule has 1 fully saturated rings. The van der Waals surface area contributed by atoms with Gasteiger partial charge in [-0.1, -0.05) is 0 Å². The number of rotatable bonds is 4. The van der Waals surface area contributed by atoms with Gasteiger partial charge in [0.2, 0.25) is 0 Å². The first-order chi connectivity index (χ1) is 8.59. The van der Waals surface area contributed by atoms with Crippen molar-refractivity contribution in [3.8, 4) is 0 Å². The van der Waals surface area contributed by atoms with Crippen LogP contribution in [0.2, 0.25) is 0 Å². The Morgan fingerprint density at radius 2 is 2.06 bits per heavy atom. The number of halogens is 3. The lowest BCUT2D eigenvalue weighted by Crippen LogP contribution is -2.11. The minimum atomic E-state index is -1.58. The zero-order chi connectivity index (χ0) is 13.1. The highest BCUT2D eigenvalue weighted by Crippen LogP contribution is 2.20. The van der Waals surface area contributed by atoms with Gasteiger partial charge in [0.05, 0.1) is 5.56 Å². The first kappa shape index (κ1) is 13.1. The summed E-state index contributed by atoms with van der Waals surface area (Å²) in [4.78, 5) is 11.7. The van der Waals surface area contributed by atoms with Gasteiger partial charge >= 0.3 is 0 Å². The van der Waals surface area contributed by atoms with Gasteiger partial charge < -0.3 is 5.32 Å². The van der Waals surface area contributed by atoms with Crippen LogP contribution in [0, 0.1) is 23.4 Å². The molecule has 98 valence electrons. The molecule has 0 bridgehead atoms. The van der Waals surface area contributed by atoms with Crippen LogP contribution in [0.4, 0.5) is 13.2 Å². The van der Waals surface area contributed by atoms with Crippen LogP contribution in [-0.2, 0) is 0 Å². The molecule has 1 aliphatic rings. The van der Waals surface area contributed by atoms with E-state index in [0.29, 0.717) is 12.3 Å². The number of Topliss-reactive ketones (excluding diaryl/α,β-unsaturated/α-hetero) is 1. The molecular weight excluding hydrogens is 243 g/mol. The third kappa shape index (κ3) is 2.72. The number of ketones is 1. The average molecular weight is 257 g/mol. The molecule has 0 saturated carbocycles. The lowest BCUT2D eigenvalue weighted by Gasteiger charge is -2.08. The Bertz CT molecular complexity index is 456. The van der Waals surface area contributed by atoms with Gasteiger partial charge in [-0.15, -0.1) is 0 Å². The van der Waals surface area contributed by atoms with Crippen LogP contribution in [0.3, 0.4) is 0 Å². The summed E-state index contributed by atoms with van der Waals surface area (Å²) in [5.41, 5.74) is -0.361. The van der Waals surface area contributed by atoms with Crippen molar-refractivity contribution in [1.29, 1.82) is 0 Å². The molecular formula is C13H14F3NO. The Kier molecular flexibility index (Phi) is 4.01. The maximum Gasteiger partial charge on any atom is 0.195 e. The predicted octanol–water partition coefficient (Wildman–Crippen LogP) is 2.68. The van der Waals surface area contributed by atoms with Crippen LogP contribution in [0.5, 0.6) is 0 Å². The first-order valence-electron chi connectivity index (χ1n) is 5.97. The van der Waals surface area contributed by atoms with E-state index in [1.54, 1.807) is 0 Å². The molecule has 1 heterocycles. The van der Waals surface area contributed by atoms with Gasteiger partial charge in [-0.3, -0.25) is 4.79 Å². The predicted molar refractivity (Wildman–Crippen MR) is 60.9 cm³/mol. The third-order valence-corrected chi connectivity index (χ3v) is 3.28. The number of benzene rings is 1. The zero-order valence-corrected chi connectivity index (χ0v) is 9.81. The fourth-order valence-corrected chi connectivity index (χ4v) is 2.17. The molecule has 1 atom stereocenters. The minimum absolute atomic E-state index is 0.161. The Morgan fingerprint density at radius 3 is 2.72 bits per heavy atom. The Labute approximate surface area is 103 Å². The summed E-state index contributed by atoms with van der Waals surface area (Å²) >= 11 is 0. The fourth-order valence-electron chi connectivity index (χ4n) is 2.17. The molecule has 0 amide bonds. The van der Waals surface area contributed by atoms with Crippen molar-refractivity contribution in [2.24, 2.45) is 5.92 Å². The smallest absolute Gasteiger partial charge is 0.195 e. The number of carbonyl (C=O) groups excluding carboxylic acids is 1. The average Bonchev–Trinajstić information content (AvgIpc) is 2.86. The van der Waals surface area contributed by atoms with Crippen molar-refractivity contribution in [2.45, 2.75) is 19.3 Å². The third-order valence-electron chi connectivity index (χ3n) is 3.28. The second-order valence-corrected chi connectivity index (χ2v) is 4.54. The second kappa shape index (κ2) is 5.52. The van der Waals surface area contributed by atoms with Crippen LogP contribution in [0.15, 0.2) is 12.1 Å². The Hall–Kier alpha value is -1.36. The van der Waals surface area contributed by atoms with E-state index in [4.69, 9.17) is 0 Å². The Morgan fingerprint density at radius 1 is 1.28 bits per heavy atom. The molecule has 0 spiro atoms. The van der Waals surface area contributed by atoms with Crippen molar-refractivity contribution in [3.05, 3.63) is 35.1 Å². The summed E-state index contributed by atoms with van der Waals surface area (Å²) in [6.45, 7) is 1.78. The molecule has 2 nitrogen and oxygen atoms in total. The van der Waals surface area contributed by atoms with E-state index in [2.05, 4.69) is 5.32 Å². The van der Waals surface area contributed by atoms with Gasteiger partial charge in [-0.05, 0) is 44.0 Å². The molecule has 5 heteroatoms. The highest BCUT2D eigenvalue weighted by molar-refractivity contribution is 5.96. The normalized spacial score (nSPS) is 19.2. The lowest BCUT2D eigenvalue weighted by atomic mass is 9.98. The van der Waals surface area contributed by atoms with E-state index < -0.39 is 23.2 Å². The highest BCUT2D eigenvalue weighted by atomic mass is 19.2. The molecule has 1 aromatic rings. The summed E-state index contributed by atoms with van der Waals surface area (Å²) in [6.07, 6.45) is 1.80. The SMILES string of the molecule is O=C(CCC1CCNC1)c1ccc(F)c(F)c1F. The molecule has 0 radical (unpaired) electrons. The molecule has 1 saturated heterocycles. The quantitative estimate of drug-likeness (QED) is 0.663. The van der Waals surface area contributed by atoms with Crippen LogP contribution in [0.25, 0.3) is 0 Å². The van der Waals surface area contributed by atoms with E-state index in [1.807, 2.05) is 0 Å². The summed E-state index contributed by atoms with van der Waals surface area (Å²) < 4.78 is 39.1. The summed E-state index contributed by atoms with van der Waals surface area (Å²) in [7, 11) is 0. The number of hydrogen-bond donors (Lipinski definition) is 1. The largest absolute Gasteiger partial charge is 0.316 e. The number of nitrogens with one attached hydrogen (secondary N) is 1. The van der Waals surface area contributed by atoms with E-state index in [9.17, 15) is 18.0 Å². The topological polar surface area (TPSA) is 29.1 Å². The zero-order valence-electron chi connectivity index (χ0n) is 9.81. The molecule has 1 aliphatic heterocycles. The van der Waals surface area contributed by atoms with Crippen LogP contribution < -0.4 is 5.32 Å². The molecule has 18 heavy (non-hydrogen) atoms. The van der Waals surface area contributed by atoms with Crippen molar-refractivity contribution in [1.82, 2.24) is 5.32 Å². The van der Waals surface area contributed by atoms with Crippen molar-refractivity contribution >= 4 is 5.78 Å². The molecule has 2 rings (SSSR count). The van der Waals surface area contributed by atoms with Gasteiger partial charge in [0.25, 0.3) is 0 Å². The molecule has 1 N–H and O–H groups in total. The standard InChI is InChI=1S/C13H14F3NO/c14-10-3-2-9(12(15)13(10)16)11(18)4-1-8-5-6-17-7-8/h2-3,8,17H,1,4-7H2. The van der Waals surface area contributed by atoms with E-state index in [0.717, 1.165) is 31.6 Å².